The number of aliphatic hydroxyl groups excluding tert-OH is 1. The Morgan fingerprint density at radius 2 is 2.36 bits per heavy atom. The highest BCUT2D eigenvalue weighted by Crippen LogP contribution is 2.19. The maximum atomic E-state index is 9.89. The van der Waals surface area contributed by atoms with Crippen LogP contribution in [0.4, 0.5) is 0 Å². The van der Waals surface area contributed by atoms with Crippen LogP contribution in [0.2, 0.25) is 0 Å². The summed E-state index contributed by atoms with van der Waals surface area (Å²) in [6.07, 6.45) is 3.89. The van der Waals surface area contributed by atoms with E-state index in [9.17, 15) is 5.11 Å². The standard InChI is InChI=1S/C9H10N4O/c1-6-2-3-10-4-7(6)8(14)9-11-5-12-13-9/h2-5,8,14H,1H3,(H,11,12,13). The number of hydrogen-bond acceptors (Lipinski definition) is 4. The molecule has 72 valence electrons. The van der Waals surface area contributed by atoms with Crippen LogP contribution in [0.5, 0.6) is 0 Å². The maximum absolute atomic E-state index is 9.89. The second-order valence-corrected chi connectivity index (χ2v) is 3.01. The summed E-state index contributed by atoms with van der Waals surface area (Å²) in [6.45, 7) is 1.91. The van der Waals surface area contributed by atoms with E-state index in [-0.39, 0.29) is 0 Å². The predicted molar refractivity (Wildman–Crippen MR) is 49.4 cm³/mol. The smallest absolute Gasteiger partial charge is 0.157 e. The number of rotatable bonds is 2. The van der Waals surface area contributed by atoms with Crippen molar-refractivity contribution in [3.8, 4) is 0 Å². The molecular formula is C9H10N4O. The molecule has 0 fully saturated rings. The highest BCUT2D eigenvalue weighted by molar-refractivity contribution is 5.27. The summed E-state index contributed by atoms with van der Waals surface area (Å²) in [5, 5.41) is 16.2. The van der Waals surface area contributed by atoms with Crippen molar-refractivity contribution in [3.05, 3.63) is 41.7 Å². The summed E-state index contributed by atoms with van der Waals surface area (Å²) in [7, 11) is 0. The van der Waals surface area contributed by atoms with Gasteiger partial charge >= 0.3 is 0 Å². The zero-order valence-corrected chi connectivity index (χ0v) is 7.68. The normalized spacial score (nSPS) is 12.7. The minimum absolute atomic E-state index is 0.432. The Labute approximate surface area is 80.8 Å². The molecule has 0 spiro atoms. The highest BCUT2D eigenvalue weighted by Gasteiger charge is 2.15. The number of H-pyrrole nitrogens is 1. The third-order valence-electron chi connectivity index (χ3n) is 2.07. The van der Waals surface area contributed by atoms with Gasteiger partial charge in [0.15, 0.2) is 5.82 Å². The zero-order chi connectivity index (χ0) is 9.97. The molecule has 0 amide bonds. The van der Waals surface area contributed by atoms with Gasteiger partial charge in [0, 0.05) is 18.0 Å². The van der Waals surface area contributed by atoms with Crippen LogP contribution in [0.15, 0.2) is 24.8 Å². The van der Waals surface area contributed by atoms with Crippen LogP contribution in [0.25, 0.3) is 0 Å². The van der Waals surface area contributed by atoms with Crippen molar-refractivity contribution in [2.24, 2.45) is 0 Å². The van der Waals surface area contributed by atoms with Crippen LogP contribution in [0.1, 0.15) is 23.1 Å². The minimum Gasteiger partial charge on any atom is -0.380 e. The van der Waals surface area contributed by atoms with Gasteiger partial charge in [0.1, 0.15) is 12.4 Å². The Bertz CT molecular complexity index is 413. The first-order valence-corrected chi connectivity index (χ1v) is 4.23. The Balaban J connectivity index is 2.37. The average Bonchev–Trinajstić information content (AvgIpc) is 2.70. The van der Waals surface area contributed by atoms with E-state index in [0.29, 0.717) is 5.82 Å². The quantitative estimate of drug-likeness (QED) is 0.726. The Morgan fingerprint density at radius 1 is 1.50 bits per heavy atom. The molecule has 0 saturated heterocycles. The molecule has 1 atom stereocenters. The first kappa shape index (κ1) is 8.83. The second kappa shape index (κ2) is 3.55. The lowest BCUT2D eigenvalue weighted by Crippen LogP contribution is -2.04. The number of aromatic amines is 1. The van der Waals surface area contributed by atoms with Crippen molar-refractivity contribution in [2.75, 3.05) is 0 Å². The van der Waals surface area contributed by atoms with Crippen molar-refractivity contribution in [3.63, 3.8) is 0 Å². The molecule has 2 aromatic heterocycles. The van der Waals surface area contributed by atoms with Crippen LogP contribution >= 0.6 is 0 Å². The molecule has 2 aromatic rings. The fourth-order valence-electron chi connectivity index (χ4n) is 1.26. The van der Waals surface area contributed by atoms with Crippen LogP contribution < -0.4 is 0 Å². The van der Waals surface area contributed by atoms with E-state index in [1.165, 1.54) is 6.33 Å². The van der Waals surface area contributed by atoms with Gasteiger partial charge in [-0.1, -0.05) is 0 Å². The van der Waals surface area contributed by atoms with E-state index in [4.69, 9.17) is 0 Å². The molecular weight excluding hydrogens is 180 g/mol. The molecule has 0 aliphatic heterocycles. The van der Waals surface area contributed by atoms with E-state index in [0.717, 1.165) is 11.1 Å². The van der Waals surface area contributed by atoms with Crippen LogP contribution in [0.3, 0.4) is 0 Å². The average molecular weight is 190 g/mol. The largest absolute Gasteiger partial charge is 0.380 e. The van der Waals surface area contributed by atoms with Gasteiger partial charge in [-0.25, -0.2) is 4.98 Å². The number of aryl methyl sites for hydroxylation is 1. The van der Waals surface area contributed by atoms with E-state index in [1.54, 1.807) is 12.4 Å². The van der Waals surface area contributed by atoms with Gasteiger partial charge in [0.05, 0.1) is 0 Å². The molecule has 2 N–H and O–H groups in total. The third-order valence-corrected chi connectivity index (χ3v) is 2.07. The number of nitrogens with one attached hydrogen (secondary N) is 1. The van der Waals surface area contributed by atoms with Crippen molar-refractivity contribution < 1.29 is 5.11 Å². The summed E-state index contributed by atoms with van der Waals surface area (Å²) in [4.78, 5) is 7.84. The fourth-order valence-corrected chi connectivity index (χ4v) is 1.26. The molecule has 5 nitrogen and oxygen atoms in total. The summed E-state index contributed by atoms with van der Waals surface area (Å²) < 4.78 is 0. The molecule has 2 heterocycles. The van der Waals surface area contributed by atoms with Crippen molar-refractivity contribution in [1.82, 2.24) is 20.2 Å². The molecule has 14 heavy (non-hydrogen) atoms. The molecule has 0 saturated carbocycles. The summed E-state index contributed by atoms with van der Waals surface area (Å²) in [5.74, 6) is 0.432. The number of nitrogens with zero attached hydrogens (tertiary/aromatic N) is 3. The lowest BCUT2D eigenvalue weighted by atomic mass is 10.1. The molecule has 0 aliphatic carbocycles. The molecule has 0 aliphatic rings. The first-order chi connectivity index (χ1) is 6.79. The summed E-state index contributed by atoms with van der Waals surface area (Å²) in [5.41, 5.74) is 1.72. The van der Waals surface area contributed by atoms with Gasteiger partial charge in [0.2, 0.25) is 0 Å². The molecule has 5 heteroatoms. The molecule has 1 unspecified atom stereocenters. The number of pyridine rings is 1. The van der Waals surface area contributed by atoms with E-state index >= 15 is 0 Å². The second-order valence-electron chi connectivity index (χ2n) is 3.01. The Kier molecular flexibility index (Phi) is 2.24. The number of aliphatic hydroxyl groups is 1. The van der Waals surface area contributed by atoms with Gasteiger partial charge in [-0.2, -0.15) is 5.10 Å². The highest BCUT2D eigenvalue weighted by atomic mass is 16.3. The van der Waals surface area contributed by atoms with E-state index in [2.05, 4.69) is 20.2 Å². The van der Waals surface area contributed by atoms with Gasteiger partial charge < -0.3 is 5.11 Å². The minimum atomic E-state index is -0.786. The molecule has 0 aromatic carbocycles. The number of hydrogen-bond donors (Lipinski definition) is 2. The maximum Gasteiger partial charge on any atom is 0.157 e. The lowest BCUT2D eigenvalue weighted by Gasteiger charge is -2.09. The molecule has 0 radical (unpaired) electrons. The third kappa shape index (κ3) is 1.49. The van der Waals surface area contributed by atoms with Gasteiger partial charge in [-0.15, -0.1) is 0 Å². The van der Waals surface area contributed by atoms with Crippen LogP contribution in [0, 0.1) is 6.92 Å². The Hall–Kier alpha value is -1.75. The van der Waals surface area contributed by atoms with Crippen LogP contribution in [-0.4, -0.2) is 25.3 Å². The van der Waals surface area contributed by atoms with Crippen molar-refractivity contribution in [1.29, 1.82) is 0 Å². The lowest BCUT2D eigenvalue weighted by molar-refractivity contribution is 0.209. The fraction of sp³-hybridized carbons (Fsp3) is 0.222. The monoisotopic (exact) mass is 190 g/mol. The van der Waals surface area contributed by atoms with E-state index in [1.807, 2.05) is 13.0 Å². The zero-order valence-electron chi connectivity index (χ0n) is 7.68. The predicted octanol–water partition coefficient (Wildman–Crippen LogP) is 0.590. The van der Waals surface area contributed by atoms with Crippen molar-refractivity contribution >= 4 is 0 Å². The summed E-state index contributed by atoms with van der Waals surface area (Å²) in [6, 6.07) is 1.84. The number of aromatic nitrogens is 4. The topological polar surface area (TPSA) is 74.7 Å². The van der Waals surface area contributed by atoms with Gasteiger partial charge in [0.25, 0.3) is 0 Å². The van der Waals surface area contributed by atoms with Gasteiger partial charge in [-0.3, -0.25) is 10.1 Å². The molecule has 0 bridgehead atoms. The van der Waals surface area contributed by atoms with Crippen molar-refractivity contribution in [2.45, 2.75) is 13.0 Å². The van der Waals surface area contributed by atoms with E-state index < -0.39 is 6.10 Å². The first-order valence-electron chi connectivity index (χ1n) is 4.23. The van der Waals surface area contributed by atoms with Gasteiger partial charge in [-0.05, 0) is 18.6 Å². The molecule has 2 rings (SSSR count). The Morgan fingerprint density at radius 3 is 3.00 bits per heavy atom. The summed E-state index contributed by atoms with van der Waals surface area (Å²) >= 11 is 0. The van der Waals surface area contributed by atoms with Crippen LogP contribution in [-0.2, 0) is 0 Å². The SMILES string of the molecule is Cc1ccncc1C(O)c1ncn[nH]1.